The summed E-state index contributed by atoms with van der Waals surface area (Å²) in [7, 11) is 0. The minimum absolute atomic E-state index is 0.0106. The highest BCUT2D eigenvalue weighted by Gasteiger charge is 2.25. The third-order valence-corrected chi connectivity index (χ3v) is 7.59. The number of hydrogen-bond donors (Lipinski definition) is 1. The van der Waals surface area contributed by atoms with E-state index in [1.54, 1.807) is 4.57 Å². The van der Waals surface area contributed by atoms with E-state index >= 15 is 0 Å². The van der Waals surface area contributed by atoms with Crippen molar-refractivity contribution in [3.05, 3.63) is 64.4 Å². The van der Waals surface area contributed by atoms with Crippen LogP contribution < -0.4 is 10.9 Å². The molecular weight excluding hydrogens is 446 g/mol. The van der Waals surface area contributed by atoms with Gasteiger partial charge >= 0.3 is 0 Å². The molecule has 1 amide bonds. The van der Waals surface area contributed by atoms with E-state index < -0.39 is 0 Å². The number of fused-ring (bicyclic) bond motifs is 3. The van der Waals surface area contributed by atoms with Crippen LogP contribution in [0.5, 0.6) is 0 Å². The second-order valence-electron chi connectivity index (χ2n) is 9.24. The number of carbonyl (C=O) groups excluding carboxylic acids is 1. The van der Waals surface area contributed by atoms with Crippen molar-refractivity contribution in [3.8, 4) is 5.69 Å². The lowest BCUT2D eigenvalue weighted by Crippen LogP contribution is -2.37. The van der Waals surface area contributed by atoms with Crippen molar-refractivity contribution in [1.82, 2.24) is 24.5 Å². The molecular formula is C26H29N5O2S. The average Bonchev–Trinajstić information content (AvgIpc) is 3.50. The summed E-state index contributed by atoms with van der Waals surface area (Å²) in [4.78, 5) is 26.5. The van der Waals surface area contributed by atoms with Crippen LogP contribution in [0.1, 0.15) is 57.9 Å². The van der Waals surface area contributed by atoms with Crippen LogP contribution in [0.4, 0.5) is 0 Å². The molecule has 0 bridgehead atoms. The van der Waals surface area contributed by atoms with Crippen molar-refractivity contribution < 1.29 is 4.79 Å². The molecule has 7 nitrogen and oxygen atoms in total. The summed E-state index contributed by atoms with van der Waals surface area (Å²) in [5.41, 5.74) is 2.46. The number of rotatable bonds is 6. The zero-order chi connectivity index (χ0) is 23.8. The lowest BCUT2D eigenvalue weighted by Gasteiger charge is -2.17. The molecule has 1 saturated carbocycles. The molecule has 2 aromatic heterocycles. The number of thioether (sulfide) groups is 1. The third kappa shape index (κ3) is 4.00. The Hall–Kier alpha value is -3.13. The SMILES string of the molecule is CC(Sc1nnc2n(-c3ccccc3C(C)C)c(=O)c3ccccc3n12)C(=O)NC1CCCC1. The van der Waals surface area contributed by atoms with Crippen molar-refractivity contribution in [2.75, 3.05) is 0 Å². The molecule has 2 heterocycles. The van der Waals surface area contributed by atoms with Gasteiger partial charge in [-0.25, -0.2) is 4.57 Å². The van der Waals surface area contributed by atoms with Crippen LogP contribution in [-0.2, 0) is 4.79 Å². The zero-order valence-corrected chi connectivity index (χ0v) is 20.5. The normalized spacial score (nSPS) is 15.4. The highest BCUT2D eigenvalue weighted by Crippen LogP contribution is 2.29. The maximum absolute atomic E-state index is 13.7. The summed E-state index contributed by atoms with van der Waals surface area (Å²) in [5, 5.41) is 12.9. The largest absolute Gasteiger partial charge is 0.352 e. The van der Waals surface area contributed by atoms with Crippen LogP contribution in [0, 0.1) is 0 Å². The van der Waals surface area contributed by atoms with Crippen molar-refractivity contribution in [2.24, 2.45) is 0 Å². The first-order valence-electron chi connectivity index (χ1n) is 11.9. The van der Waals surface area contributed by atoms with Gasteiger partial charge in [0, 0.05) is 6.04 Å². The second-order valence-corrected chi connectivity index (χ2v) is 10.5. The number of nitrogens with zero attached hydrogens (tertiary/aromatic N) is 4. The fraction of sp³-hybridized carbons (Fsp3) is 0.385. The molecule has 0 radical (unpaired) electrons. The van der Waals surface area contributed by atoms with Crippen LogP contribution in [0.2, 0.25) is 0 Å². The molecule has 1 unspecified atom stereocenters. The summed E-state index contributed by atoms with van der Waals surface area (Å²) in [6.07, 6.45) is 4.43. The molecule has 1 aliphatic rings. The molecule has 176 valence electrons. The summed E-state index contributed by atoms with van der Waals surface area (Å²) in [6.45, 7) is 6.11. The number of carbonyl (C=O) groups is 1. The molecule has 2 aromatic carbocycles. The van der Waals surface area contributed by atoms with Crippen LogP contribution in [-0.4, -0.2) is 36.4 Å². The minimum atomic E-state index is -0.338. The van der Waals surface area contributed by atoms with E-state index in [1.165, 1.54) is 24.6 Å². The number of benzene rings is 2. The zero-order valence-electron chi connectivity index (χ0n) is 19.7. The fourth-order valence-corrected chi connectivity index (χ4v) is 5.62. The maximum Gasteiger partial charge on any atom is 0.267 e. The van der Waals surface area contributed by atoms with Crippen LogP contribution in [0.15, 0.2) is 58.5 Å². The van der Waals surface area contributed by atoms with E-state index in [4.69, 9.17) is 0 Å². The molecule has 1 fully saturated rings. The average molecular weight is 476 g/mol. The molecule has 0 aliphatic heterocycles. The van der Waals surface area contributed by atoms with E-state index in [-0.39, 0.29) is 28.7 Å². The molecule has 5 rings (SSSR count). The molecule has 34 heavy (non-hydrogen) atoms. The molecule has 0 saturated heterocycles. The Kier molecular flexibility index (Phi) is 6.16. The van der Waals surface area contributed by atoms with Gasteiger partial charge in [0.25, 0.3) is 5.56 Å². The van der Waals surface area contributed by atoms with Gasteiger partial charge in [-0.1, -0.05) is 68.8 Å². The van der Waals surface area contributed by atoms with Crippen molar-refractivity contribution in [2.45, 2.75) is 68.8 Å². The Morgan fingerprint density at radius 2 is 1.74 bits per heavy atom. The number of para-hydroxylation sites is 2. The molecule has 1 atom stereocenters. The van der Waals surface area contributed by atoms with Gasteiger partial charge in [-0.05, 0) is 49.4 Å². The van der Waals surface area contributed by atoms with Crippen LogP contribution in [0.25, 0.3) is 22.4 Å². The Morgan fingerprint density at radius 1 is 1.03 bits per heavy atom. The summed E-state index contributed by atoms with van der Waals surface area (Å²) >= 11 is 1.37. The predicted molar refractivity (Wildman–Crippen MR) is 136 cm³/mol. The lowest BCUT2D eigenvalue weighted by molar-refractivity contribution is -0.120. The summed E-state index contributed by atoms with van der Waals surface area (Å²) < 4.78 is 3.55. The van der Waals surface area contributed by atoms with Gasteiger partial charge in [-0.2, -0.15) is 0 Å². The van der Waals surface area contributed by atoms with Crippen LogP contribution >= 0.6 is 11.8 Å². The first-order valence-corrected chi connectivity index (χ1v) is 12.8. The van der Waals surface area contributed by atoms with E-state index in [0.717, 1.165) is 29.6 Å². The van der Waals surface area contributed by atoms with Gasteiger partial charge in [0.15, 0.2) is 5.16 Å². The molecule has 1 N–H and O–H groups in total. The standard InChI is InChI=1S/C26H29N5O2S/c1-16(2)19-12-6-8-14-21(19)30-24(33)20-13-7-9-15-22(20)31-25(30)28-29-26(31)34-17(3)23(32)27-18-10-4-5-11-18/h6-9,12-18H,4-5,10-11H2,1-3H3,(H,27,32). The van der Waals surface area contributed by atoms with Gasteiger partial charge < -0.3 is 5.32 Å². The second kappa shape index (κ2) is 9.25. The Balaban J connectivity index is 1.64. The van der Waals surface area contributed by atoms with Gasteiger partial charge in [0.1, 0.15) is 0 Å². The monoisotopic (exact) mass is 475 g/mol. The Morgan fingerprint density at radius 3 is 2.50 bits per heavy atom. The van der Waals surface area contributed by atoms with Gasteiger partial charge in [0.05, 0.1) is 21.8 Å². The molecule has 1 aliphatic carbocycles. The van der Waals surface area contributed by atoms with E-state index in [9.17, 15) is 9.59 Å². The predicted octanol–water partition coefficient (Wildman–Crippen LogP) is 4.70. The van der Waals surface area contributed by atoms with E-state index in [1.807, 2.05) is 59.9 Å². The Labute approximate surface area is 202 Å². The maximum atomic E-state index is 13.7. The molecule has 8 heteroatoms. The first kappa shape index (κ1) is 22.7. The first-order chi connectivity index (χ1) is 16.5. The van der Waals surface area contributed by atoms with Crippen LogP contribution in [0.3, 0.4) is 0 Å². The number of nitrogens with one attached hydrogen (secondary N) is 1. The topological polar surface area (TPSA) is 81.3 Å². The number of aromatic nitrogens is 4. The highest BCUT2D eigenvalue weighted by molar-refractivity contribution is 8.00. The van der Waals surface area contributed by atoms with Gasteiger partial charge in [-0.3, -0.25) is 14.0 Å². The van der Waals surface area contributed by atoms with Crippen molar-refractivity contribution >= 4 is 34.3 Å². The van der Waals surface area contributed by atoms with E-state index in [0.29, 0.717) is 16.3 Å². The van der Waals surface area contributed by atoms with Gasteiger partial charge in [-0.15, -0.1) is 10.2 Å². The molecule has 0 spiro atoms. The lowest BCUT2D eigenvalue weighted by atomic mass is 10.0. The fourth-order valence-electron chi connectivity index (χ4n) is 4.75. The van der Waals surface area contributed by atoms with Gasteiger partial charge in [0.2, 0.25) is 11.7 Å². The minimum Gasteiger partial charge on any atom is -0.352 e. The number of hydrogen-bond acceptors (Lipinski definition) is 5. The summed E-state index contributed by atoms with van der Waals surface area (Å²) in [5.74, 6) is 0.685. The van der Waals surface area contributed by atoms with E-state index in [2.05, 4.69) is 29.4 Å². The Bertz CT molecular complexity index is 1420. The third-order valence-electron chi connectivity index (χ3n) is 6.55. The molecule has 4 aromatic rings. The van der Waals surface area contributed by atoms with Crippen molar-refractivity contribution in [3.63, 3.8) is 0 Å². The quantitative estimate of drug-likeness (QED) is 0.409. The summed E-state index contributed by atoms with van der Waals surface area (Å²) in [6, 6.07) is 15.7. The number of amides is 1. The van der Waals surface area contributed by atoms with Crippen molar-refractivity contribution in [1.29, 1.82) is 0 Å². The smallest absolute Gasteiger partial charge is 0.267 e. The highest BCUT2D eigenvalue weighted by atomic mass is 32.2.